The predicted octanol–water partition coefficient (Wildman–Crippen LogP) is 2.57. The molecule has 0 radical (unpaired) electrons. The lowest BCUT2D eigenvalue weighted by atomic mass is 9.94. The van der Waals surface area contributed by atoms with Crippen LogP contribution >= 0.6 is 0 Å². The van der Waals surface area contributed by atoms with E-state index in [-0.39, 0.29) is 16.0 Å². The first-order valence-electron chi connectivity index (χ1n) is 9.63. The highest BCUT2D eigenvalue weighted by Gasteiger charge is 2.31. The zero-order chi connectivity index (χ0) is 21.9. The first-order valence-corrected chi connectivity index (χ1v) is 11.1. The van der Waals surface area contributed by atoms with Crippen LogP contribution in [0.15, 0.2) is 53.4 Å². The number of piperidine rings is 1. The van der Waals surface area contributed by atoms with Gasteiger partial charge in [0.05, 0.1) is 4.90 Å². The van der Waals surface area contributed by atoms with Crippen molar-refractivity contribution in [1.82, 2.24) is 15.2 Å². The van der Waals surface area contributed by atoms with Crippen LogP contribution in [0.1, 0.15) is 41.0 Å². The molecule has 0 aromatic heterocycles. The van der Waals surface area contributed by atoms with Gasteiger partial charge in [0.15, 0.2) is 0 Å². The molecule has 0 aliphatic carbocycles. The molecule has 2 N–H and O–H groups in total. The van der Waals surface area contributed by atoms with E-state index >= 15 is 0 Å². The minimum atomic E-state index is -3.63. The van der Waals surface area contributed by atoms with Crippen LogP contribution in [-0.4, -0.2) is 37.6 Å². The third-order valence-electron chi connectivity index (χ3n) is 4.99. The number of sulfonamides is 1. The zero-order valence-corrected chi connectivity index (χ0v) is 17.6. The lowest BCUT2D eigenvalue weighted by molar-refractivity contribution is 0.0846. The highest BCUT2D eigenvalue weighted by Crippen LogP contribution is 2.26. The Morgan fingerprint density at radius 1 is 0.867 bits per heavy atom. The van der Waals surface area contributed by atoms with E-state index in [1.807, 2.05) is 13.8 Å². The van der Waals surface area contributed by atoms with Gasteiger partial charge in [-0.3, -0.25) is 20.4 Å². The van der Waals surface area contributed by atoms with Crippen LogP contribution in [0.25, 0.3) is 0 Å². The normalized spacial score (nSPS) is 19.8. The van der Waals surface area contributed by atoms with E-state index < -0.39 is 27.7 Å². The molecular formula is C21H24FN3O4S. The van der Waals surface area contributed by atoms with E-state index in [1.54, 1.807) is 0 Å². The zero-order valence-electron chi connectivity index (χ0n) is 16.8. The average Bonchev–Trinajstić information content (AvgIpc) is 2.71. The second-order valence-electron chi connectivity index (χ2n) is 7.71. The summed E-state index contributed by atoms with van der Waals surface area (Å²) in [5.74, 6) is -1.10. The molecule has 1 aliphatic heterocycles. The second-order valence-corrected chi connectivity index (χ2v) is 9.65. The Bertz CT molecular complexity index is 1010. The number of carbonyl (C=O) groups is 2. The molecule has 0 saturated carbocycles. The molecule has 3 rings (SSSR count). The molecule has 9 heteroatoms. The van der Waals surface area contributed by atoms with Gasteiger partial charge in [0.25, 0.3) is 11.8 Å². The monoisotopic (exact) mass is 433 g/mol. The molecule has 2 aromatic rings. The first kappa shape index (κ1) is 21.9. The van der Waals surface area contributed by atoms with E-state index in [2.05, 4.69) is 10.9 Å². The summed E-state index contributed by atoms with van der Waals surface area (Å²) >= 11 is 0. The number of nitrogens with zero attached hydrogens (tertiary/aromatic N) is 1. The van der Waals surface area contributed by atoms with Gasteiger partial charge >= 0.3 is 0 Å². The minimum Gasteiger partial charge on any atom is -0.267 e. The quantitative estimate of drug-likeness (QED) is 0.725. The van der Waals surface area contributed by atoms with Crippen LogP contribution in [-0.2, 0) is 10.0 Å². The Morgan fingerprint density at radius 3 is 1.77 bits per heavy atom. The fourth-order valence-electron chi connectivity index (χ4n) is 3.59. The van der Waals surface area contributed by atoms with Crippen molar-refractivity contribution < 1.29 is 22.4 Å². The van der Waals surface area contributed by atoms with Gasteiger partial charge in [-0.2, -0.15) is 4.31 Å². The van der Waals surface area contributed by atoms with E-state index in [9.17, 15) is 22.4 Å². The maximum Gasteiger partial charge on any atom is 0.269 e. The van der Waals surface area contributed by atoms with Crippen LogP contribution in [0.2, 0.25) is 0 Å². The molecule has 160 valence electrons. The maximum absolute atomic E-state index is 12.9. The van der Waals surface area contributed by atoms with Crippen molar-refractivity contribution in [3.05, 3.63) is 65.5 Å². The molecule has 2 aromatic carbocycles. The summed E-state index contributed by atoms with van der Waals surface area (Å²) in [4.78, 5) is 24.3. The molecule has 0 bridgehead atoms. The van der Waals surface area contributed by atoms with Gasteiger partial charge < -0.3 is 0 Å². The largest absolute Gasteiger partial charge is 0.269 e. The number of rotatable bonds is 4. The van der Waals surface area contributed by atoms with Gasteiger partial charge in [-0.05, 0) is 66.8 Å². The molecule has 2 unspecified atom stereocenters. The van der Waals surface area contributed by atoms with Gasteiger partial charge in [-0.1, -0.05) is 13.8 Å². The fourth-order valence-corrected chi connectivity index (χ4v) is 5.27. The van der Waals surface area contributed by atoms with Crippen LogP contribution in [0.3, 0.4) is 0 Å². The highest BCUT2D eigenvalue weighted by atomic mass is 32.2. The highest BCUT2D eigenvalue weighted by molar-refractivity contribution is 7.89. The van der Waals surface area contributed by atoms with Crippen LogP contribution < -0.4 is 10.9 Å². The number of hydrogen-bond donors (Lipinski definition) is 2. The van der Waals surface area contributed by atoms with Crippen LogP contribution in [0.5, 0.6) is 0 Å². The Hall–Kier alpha value is -2.78. The summed E-state index contributed by atoms with van der Waals surface area (Å²) in [7, 11) is -3.63. The second kappa shape index (κ2) is 8.93. The molecule has 0 spiro atoms. The van der Waals surface area contributed by atoms with Crippen molar-refractivity contribution in [3.8, 4) is 0 Å². The van der Waals surface area contributed by atoms with Gasteiger partial charge in [0, 0.05) is 24.2 Å². The maximum atomic E-state index is 12.9. The number of carbonyl (C=O) groups excluding carboxylic acids is 2. The summed E-state index contributed by atoms with van der Waals surface area (Å²) in [6.45, 7) is 5.02. The summed E-state index contributed by atoms with van der Waals surface area (Å²) in [5.41, 5.74) is 4.86. The van der Waals surface area contributed by atoms with Gasteiger partial charge in [-0.25, -0.2) is 12.8 Å². The van der Waals surface area contributed by atoms with Crippen LogP contribution in [0, 0.1) is 17.7 Å². The third-order valence-corrected chi connectivity index (χ3v) is 6.83. The molecule has 1 heterocycles. The molecule has 7 nitrogen and oxygen atoms in total. The van der Waals surface area contributed by atoms with Crippen molar-refractivity contribution in [3.63, 3.8) is 0 Å². The summed E-state index contributed by atoms with van der Waals surface area (Å²) in [6.07, 6.45) is 0.995. The van der Waals surface area contributed by atoms with Crippen molar-refractivity contribution in [2.24, 2.45) is 11.8 Å². The third kappa shape index (κ3) is 5.03. The molecule has 1 fully saturated rings. The van der Waals surface area contributed by atoms with Gasteiger partial charge in [0.2, 0.25) is 10.0 Å². The summed E-state index contributed by atoms with van der Waals surface area (Å²) in [5, 5.41) is 0. The Balaban J connectivity index is 1.64. The standard InChI is InChI=1S/C21H24FN3O4S/c1-14-11-15(2)13-25(12-14)30(28,29)19-9-5-17(6-10-19)21(27)24-23-20(26)16-3-7-18(22)8-4-16/h3-10,14-15H,11-13H2,1-2H3,(H,23,26)(H,24,27). The number of benzene rings is 2. The molecule has 30 heavy (non-hydrogen) atoms. The van der Waals surface area contributed by atoms with Gasteiger partial charge in [-0.15, -0.1) is 0 Å². The lowest BCUT2D eigenvalue weighted by Gasteiger charge is -2.34. The minimum absolute atomic E-state index is 0.121. The predicted molar refractivity (Wildman–Crippen MR) is 109 cm³/mol. The molecule has 1 saturated heterocycles. The summed E-state index contributed by atoms with van der Waals surface area (Å²) < 4.78 is 40.2. The van der Waals surface area contributed by atoms with E-state index in [0.717, 1.165) is 18.6 Å². The topological polar surface area (TPSA) is 95.6 Å². The van der Waals surface area contributed by atoms with Crippen molar-refractivity contribution in [2.45, 2.75) is 25.2 Å². The number of nitrogens with one attached hydrogen (secondary N) is 2. The number of halogens is 1. The van der Waals surface area contributed by atoms with E-state index in [1.165, 1.54) is 40.7 Å². The molecule has 1 aliphatic rings. The lowest BCUT2D eigenvalue weighted by Crippen LogP contribution is -2.42. The average molecular weight is 434 g/mol. The molecule has 2 atom stereocenters. The number of hydrogen-bond acceptors (Lipinski definition) is 4. The van der Waals surface area contributed by atoms with Crippen molar-refractivity contribution in [1.29, 1.82) is 0 Å². The first-order chi connectivity index (χ1) is 14.2. The van der Waals surface area contributed by atoms with E-state index in [0.29, 0.717) is 24.9 Å². The van der Waals surface area contributed by atoms with Crippen molar-refractivity contribution in [2.75, 3.05) is 13.1 Å². The molecular weight excluding hydrogens is 409 g/mol. The Morgan fingerprint density at radius 2 is 1.30 bits per heavy atom. The van der Waals surface area contributed by atoms with Crippen molar-refractivity contribution >= 4 is 21.8 Å². The van der Waals surface area contributed by atoms with Crippen LogP contribution in [0.4, 0.5) is 4.39 Å². The fraction of sp³-hybridized carbons (Fsp3) is 0.333. The smallest absolute Gasteiger partial charge is 0.267 e. The Labute approximate surface area is 175 Å². The summed E-state index contributed by atoms with van der Waals surface area (Å²) in [6, 6.07) is 10.4. The SMILES string of the molecule is CC1CC(C)CN(S(=O)(=O)c2ccc(C(=O)NNC(=O)c3ccc(F)cc3)cc2)C1. The number of hydrazine groups is 1. The molecule has 2 amide bonds. The Kier molecular flexibility index (Phi) is 6.52. The van der Waals surface area contributed by atoms with Gasteiger partial charge in [0.1, 0.15) is 5.82 Å². The van der Waals surface area contributed by atoms with E-state index in [4.69, 9.17) is 0 Å². The number of amides is 2.